The van der Waals surface area contributed by atoms with Crippen molar-refractivity contribution < 1.29 is 13.2 Å². The van der Waals surface area contributed by atoms with Crippen molar-refractivity contribution in [1.29, 1.82) is 0 Å². The van der Waals surface area contributed by atoms with Crippen LogP contribution in [0.1, 0.15) is 36.5 Å². The van der Waals surface area contributed by atoms with Gasteiger partial charge in [0.15, 0.2) is 0 Å². The van der Waals surface area contributed by atoms with Crippen molar-refractivity contribution in [2.24, 2.45) is 5.92 Å². The van der Waals surface area contributed by atoms with Crippen molar-refractivity contribution in [3.8, 4) is 0 Å². The Balaban J connectivity index is 1.50. The molecule has 0 bridgehead atoms. The summed E-state index contributed by atoms with van der Waals surface area (Å²) in [6.45, 7) is 11.0. The lowest BCUT2D eigenvalue weighted by molar-refractivity contribution is -0.126. The zero-order valence-corrected chi connectivity index (χ0v) is 20.4. The monoisotopic (exact) mass is 457 g/mol. The number of aryl methyl sites for hydroxylation is 3. The number of hydrogen-bond donors (Lipinski definition) is 1. The van der Waals surface area contributed by atoms with E-state index in [9.17, 15) is 13.2 Å². The first-order valence-electron chi connectivity index (χ1n) is 11.4. The number of carbonyl (C=O) groups is 1. The Hall–Kier alpha value is -2.38. The molecule has 0 spiro atoms. The molecule has 0 aromatic heterocycles. The molecule has 0 saturated carbocycles. The molecule has 1 N–H and O–H groups in total. The Morgan fingerprint density at radius 2 is 1.78 bits per heavy atom. The number of nitrogens with one attached hydrogen (secondary N) is 1. The Labute approximate surface area is 192 Å². The van der Waals surface area contributed by atoms with Gasteiger partial charge in [-0.25, -0.2) is 8.42 Å². The second-order valence-electron chi connectivity index (χ2n) is 8.63. The number of anilines is 1. The van der Waals surface area contributed by atoms with Gasteiger partial charge < -0.3 is 10.2 Å². The van der Waals surface area contributed by atoms with E-state index in [1.807, 2.05) is 26.0 Å². The first-order valence-corrected chi connectivity index (χ1v) is 12.8. The van der Waals surface area contributed by atoms with Gasteiger partial charge in [-0.2, -0.15) is 4.31 Å². The van der Waals surface area contributed by atoms with Gasteiger partial charge in [0.1, 0.15) is 0 Å². The van der Waals surface area contributed by atoms with Crippen LogP contribution in [0.25, 0.3) is 0 Å². The van der Waals surface area contributed by atoms with E-state index in [0.29, 0.717) is 37.4 Å². The van der Waals surface area contributed by atoms with Crippen molar-refractivity contribution in [3.63, 3.8) is 0 Å². The highest BCUT2D eigenvalue weighted by molar-refractivity contribution is 7.89. The number of benzene rings is 2. The highest BCUT2D eigenvalue weighted by Crippen LogP contribution is 2.25. The maximum Gasteiger partial charge on any atom is 0.243 e. The molecule has 1 saturated heterocycles. The smallest absolute Gasteiger partial charge is 0.243 e. The fraction of sp³-hybridized carbons (Fsp3) is 0.480. The van der Waals surface area contributed by atoms with Crippen LogP contribution < -0.4 is 10.2 Å². The molecule has 0 radical (unpaired) electrons. The summed E-state index contributed by atoms with van der Waals surface area (Å²) in [6, 6.07) is 13.6. The van der Waals surface area contributed by atoms with Crippen LogP contribution in [0.2, 0.25) is 0 Å². The van der Waals surface area contributed by atoms with Crippen LogP contribution in [-0.4, -0.2) is 51.4 Å². The van der Waals surface area contributed by atoms with E-state index in [1.54, 1.807) is 12.1 Å². The molecule has 1 amide bonds. The minimum atomic E-state index is -3.52. The van der Waals surface area contributed by atoms with E-state index >= 15 is 0 Å². The molecule has 0 atom stereocenters. The molecule has 0 unspecified atom stereocenters. The number of likely N-dealkylation sites (N-methyl/N-ethyl adjacent to an activating group) is 1. The normalized spacial score (nSPS) is 15.5. The molecule has 1 fully saturated rings. The lowest BCUT2D eigenvalue weighted by atomic mass is 9.97. The maximum absolute atomic E-state index is 13.0. The fourth-order valence-corrected chi connectivity index (χ4v) is 5.69. The van der Waals surface area contributed by atoms with Crippen molar-refractivity contribution in [3.05, 3.63) is 59.2 Å². The SMILES string of the molecule is CCN(CCNC(=O)C1CCN(S(=O)(=O)c2ccc(C)c(C)c2)CC1)c1cccc(C)c1. The fourth-order valence-electron chi connectivity index (χ4n) is 4.13. The molecule has 1 aliphatic rings. The van der Waals surface area contributed by atoms with E-state index in [2.05, 4.69) is 42.3 Å². The quantitative estimate of drug-likeness (QED) is 0.657. The molecule has 0 aliphatic carbocycles. The number of sulfonamides is 1. The summed E-state index contributed by atoms with van der Waals surface area (Å²) < 4.78 is 27.5. The molecule has 6 nitrogen and oxygen atoms in total. The molecule has 174 valence electrons. The Kier molecular flexibility index (Phi) is 7.96. The summed E-state index contributed by atoms with van der Waals surface area (Å²) in [5.41, 5.74) is 4.41. The molecular formula is C25H35N3O3S. The number of hydrogen-bond acceptors (Lipinski definition) is 4. The van der Waals surface area contributed by atoms with E-state index in [-0.39, 0.29) is 11.8 Å². The third kappa shape index (κ3) is 5.70. The maximum atomic E-state index is 13.0. The van der Waals surface area contributed by atoms with Gasteiger partial charge in [-0.3, -0.25) is 4.79 Å². The largest absolute Gasteiger partial charge is 0.370 e. The first-order chi connectivity index (χ1) is 15.2. The number of carbonyl (C=O) groups excluding carboxylic acids is 1. The average molecular weight is 458 g/mol. The number of piperidine rings is 1. The molecule has 2 aromatic carbocycles. The topological polar surface area (TPSA) is 69.7 Å². The van der Waals surface area contributed by atoms with E-state index < -0.39 is 10.0 Å². The third-order valence-electron chi connectivity index (χ3n) is 6.37. The van der Waals surface area contributed by atoms with Crippen LogP contribution in [0.4, 0.5) is 5.69 Å². The van der Waals surface area contributed by atoms with E-state index in [4.69, 9.17) is 0 Å². The minimum Gasteiger partial charge on any atom is -0.370 e. The molecular weight excluding hydrogens is 422 g/mol. The minimum absolute atomic E-state index is 0.0218. The van der Waals surface area contributed by atoms with Crippen LogP contribution in [0.15, 0.2) is 47.4 Å². The molecule has 32 heavy (non-hydrogen) atoms. The summed E-state index contributed by atoms with van der Waals surface area (Å²) in [4.78, 5) is 15.2. The lowest BCUT2D eigenvalue weighted by Gasteiger charge is -2.31. The van der Waals surface area contributed by atoms with Crippen molar-refractivity contribution >= 4 is 21.6 Å². The molecule has 1 aliphatic heterocycles. The standard InChI is InChI=1S/C25H35N3O3S/c1-5-27(23-8-6-7-19(2)17-23)16-13-26-25(29)22-11-14-28(15-12-22)32(30,31)24-10-9-20(3)21(4)18-24/h6-10,17-18,22H,5,11-16H2,1-4H3,(H,26,29). The van der Waals surface area contributed by atoms with Crippen molar-refractivity contribution in [1.82, 2.24) is 9.62 Å². The number of amides is 1. The summed E-state index contributed by atoms with van der Waals surface area (Å²) in [5.74, 6) is -0.122. The highest BCUT2D eigenvalue weighted by atomic mass is 32.2. The van der Waals surface area contributed by atoms with Crippen molar-refractivity contribution in [2.45, 2.75) is 45.4 Å². The molecule has 2 aromatic rings. The van der Waals surface area contributed by atoms with Crippen LogP contribution in [-0.2, 0) is 14.8 Å². The molecule has 3 rings (SSSR count). The Morgan fingerprint density at radius 1 is 1.06 bits per heavy atom. The summed E-state index contributed by atoms with van der Waals surface area (Å²) in [6.07, 6.45) is 1.09. The van der Waals surface area contributed by atoms with E-state index in [1.165, 1.54) is 9.87 Å². The van der Waals surface area contributed by atoms with Crippen LogP contribution in [0.3, 0.4) is 0 Å². The second kappa shape index (κ2) is 10.5. The third-order valence-corrected chi connectivity index (χ3v) is 8.26. The summed E-state index contributed by atoms with van der Waals surface area (Å²) in [5, 5.41) is 3.05. The lowest BCUT2D eigenvalue weighted by Crippen LogP contribution is -2.44. The van der Waals surface area contributed by atoms with Gasteiger partial charge in [-0.15, -0.1) is 0 Å². The van der Waals surface area contributed by atoms with Gasteiger partial charge in [-0.05, 0) is 81.5 Å². The van der Waals surface area contributed by atoms with Gasteiger partial charge in [0, 0.05) is 44.3 Å². The summed E-state index contributed by atoms with van der Waals surface area (Å²) >= 11 is 0. The zero-order valence-electron chi connectivity index (χ0n) is 19.6. The number of nitrogens with zero attached hydrogens (tertiary/aromatic N) is 2. The first kappa shape index (κ1) is 24.3. The van der Waals surface area contributed by atoms with E-state index in [0.717, 1.165) is 29.9 Å². The zero-order chi connectivity index (χ0) is 23.3. The van der Waals surface area contributed by atoms with Gasteiger partial charge in [0.05, 0.1) is 4.90 Å². The molecule has 7 heteroatoms. The van der Waals surface area contributed by atoms with Gasteiger partial charge in [0.2, 0.25) is 15.9 Å². The van der Waals surface area contributed by atoms with Crippen LogP contribution in [0, 0.1) is 26.7 Å². The van der Waals surface area contributed by atoms with Gasteiger partial charge >= 0.3 is 0 Å². The summed E-state index contributed by atoms with van der Waals surface area (Å²) in [7, 11) is -3.52. The van der Waals surface area contributed by atoms with Crippen LogP contribution >= 0.6 is 0 Å². The predicted molar refractivity (Wildman–Crippen MR) is 129 cm³/mol. The molecule has 1 heterocycles. The number of rotatable bonds is 8. The van der Waals surface area contributed by atoms with Gasteiger partial charge in [-0.1, -0.05) is 18.2 Å². The highest BCUT2D eigenvalue weighted by Gasteiger charge is 2.32. The second-order valence-corrected chi connectivity index (χ2v) is 10.6. The Bertz CT molecular complexity index is 1040. The Morgan fingerprint density at radius 3 is 2.41 bits per heavy atom. The van der Waals surface area contributed by atoms with Crippen LogP contribution in [0.5, 0.6) is 0 Å². The van der Waals surface area contributed by atoms with Gasteiger partial charge in [0.25, 0.3) is 0 Å². The average Bonchev–Trinajstić information content (AvgIpc) is 2.78. The predicted octanol–water partition coefficient (Wildman–Crippen LogP) is 3.66. The van der Waals surface area contributed by atoms with Crippen molar-refractivity contribution in [2.75, 3.05) is 37.6 Å².